The van der Waals surface area contributed by atoms with Crippen molar-refractivity contribution in [2.24, 2.45) is 11.8 Å². The first kappa shape index (κ1) is 15.7. The summed E-state index contributed by atoms with van der Waals surface area (Å²) in [5.41, 5.74) is 0.421. The Morgan fingerprint density at radius 3 is 2.50 bits per heavy atom. The summed E-state index contributed by atoms with van der Waals surface area (Å²) in [4.78, 5) is 13.5. The molecule has 1 aliphatic carbocycles. The van der Waals surface area contributed by atoms with Gasteiger partial charge < -0.3 is 4.98 Å². The zero-order valence-electron chi connectivity index (χ0n) is 12.1. The molecule has 0 spiro atoms. The van der Waals surface area contributed by atoms with Crippen LogP contribution >= 0.6 is 11.3 Å². The molecule has 0 bridgehead atoms. The van der Waals surface area contributed by atoms with Crippen molar-refractivity contribution in [2.45, 2.75) is 56.7 Å². The van der Waals surface area contributed by atoms with Crippen LogP contribution in [0.1, 0.15) is 45.2 Å². The number of aryl methyl sites for hydroxylation is 1. The molecule has 0 amide bonds. The van der Waals surface area contributed by atoms with Gasteiger partial charge in [0.15, 0.2) is 4.21 Å². The van der Waals surface area contributed by atoms with E-state index in [4.69, 9.17) is 0 Å². The number of sulfonamides is 1. The van der Waals surface area contributed by atoms with Crippen LogP contribution < -0.4 is 9.60 Å². The summed E-state index contributed by atoms with van der Waals surface area (Å²) in [5.74, 6) is 0.823. The van der Waals surface area contributed by atoms with Crippen molar-refractivity contribution in [3.05, 3.63) is 15.4 Å². The molecule has 5 nitrogen and oxygen atoms in total. The van der Waals surface area contributed by atoms with E-state index in [-0.39, 0.29) is 15.1 Å². The van der Waals surface area contributed by atoms with E-state index in [0.29, 0.717) is 17.5 Å². The number of aromatic amines is 1. The summed E-state index contributed by atoms with van der Waals surface area (Å²) >= 11 is 0.758. The highest BCUT2D eigenvalue weighted by molar-refractivity contribution is 7.91. The van der Waals surface area contributed by atoms with Crippen molar-refractivity contribution in [1.29, 1.82) is 0 Å². The van der Waals surface area contributed by atoms with Gasteiger partial charge in [-0.3, -0.25) is 4.79 Å². The SMILES string of the molecule is Cc1[nH]c(=O)sc1S(=O)(=O)NC1CCCCC1C(C)C. The normalized spacial score (nSPS) is 24.2. The summed E-state index contributed by atoms with van der Waals surface area (Å²) in [7, 11) is -3.60. The predicted octanol–water partition coefficient (Wildman–Crippen LogP) is 2.24. The molecule has 1 aliphatic rings. The molecule has 0 aliphatic heterocycles. The number of H-pyrrole nitrogens is 1. The first-order valence-corrected chi connectivity index (χ1v) is 9.33. The van der Waals surface area contributed by atoms with Crippen LogP contribution in [0.5, 0.6) is 0 Å². The van der Waals surface area contributed by atoms with E-state index in [0.717, 1.165) is 37.0 Å². The molecule has 0 radical (unpaired) electrons. The van der Waals surface area contributed by atoms with Gasteiger partial charge in [-0.15, -0.1) is 0 Å². The Bertz CT molecular complexity index is 616. The Morgan fingerprint density at radius 2 is 1.95 bits per heavy atom. The predicted molar refractivity (Wildman–Crippen MR) is 80.6 cm³/mol. The fraction of sp³-hybridized carbons (Fsp3) is 0.769. The summed E-state index contributed by atoms with van der Waals surface area (Å²) in [5, 5.41) is 0. The van der Waals surface area contributed by atoms with Gasteiger partial charge in [0.25, 0.3) is 10.0 Å². The Morgan fingerprint density at radius 1 is 1.30 bits per heavy atom. The molecule has 2 N–H and O–H groups in total. The molecule has 20 heavy (non-hydrogen) atoms. The minimum absolute atomic E-state index is 0.0228. The Labute approximate surface area is 123 Å². The van der Waals surface area contributed by atoms with Gasteiger partial charge in [0.2, 0.25) is 0 Å². The van der Waals surface area contributed by atoms with Crippen molar-refractivity contribution < 1.29 is 8.42 Å². The second-order valence-corrected chi connectivity index (χ2v) is 8.74. The van der Waals surface area contributed by atoms with E-state index < -0.39 is 10.0 Å². The van der Waals surface area contributed by atoms with Crippen molar-refractivity contribution in [2.75, 3.05) is 0 Å². The van der Waals surface area contributed by atoms with Crippen LogP contribution in [0.25, 0.3) is 0 Å². The fourth-order valence-corrected chi connectivity index (χ4v) is 5.64. The summed E-state index contributed by atoms with van der Waals surface area (Å²) in [6.07, 6.45) is 4.16. The molecule has 0 saturated heterocycles. The van der Waals surface area contributed by atoms with E-state index >= 15 is 0 Å². The van der Waals surface area contributed by atoms with Crippen molar-refractivity contribution >= 4 is 21.4 Å². The lowest BCUT2D eigenvalue weighted by atomic mass is 9.78. The molecule has 7 heteroatoms. The minimum atomic E-state index is -3.60. The van der Waals surface area contributed by atoms with E-state index in [9.17, 15) is 13.2 Å². The molecule has 1 aromatic rings. The Balaban J connectivity index is 2.23. The molecule has 1 saturated carbocycles. The van der Waals surface area contributed by atoms with Crippen LogP contribution in [-0.4, -0.2) is 19.4 Å². The molecular weight excluding hydrogens is 296 g/mol. The monoisotopic (exact) mass is 318 g/mol. The number of hydrogen-bond donors (Lipinski definition) is 2. The van der Waals surface area contributed by atoms with Crippen molar-refractivity contribution in [1.82, 2.24) is 9.71 Å². The van der Waals surface area contributed by atoms with Crippen LogP contribution in [-0.2, 0) is 10.0 Å². The van der Waals surface area contributed by atoms with Gasteiger partial charge >= 0.3 is 4.87 Å². The van der Waals surface area contributed by atoms with Gasteiger partial charge in [-0.1, -0.05) is 38.0 Å². The van der Waals surface area contributed by atoms with Crippen LogP contribution in [0.15, 0.2) is 9.00 Å². The molecule has 0 aromatic carbocycles. The maximum absolute atomic E-state index is 12.4. The average Bonchev–Trinajstić information content (AvgIpc) is 2.69. The van der Waals surface area contributed by atoms with Gasteiger partial charge in [-0.05, 0) is 31.6 Å². The minimum Gasteiger partial charge on any atom is -0.315 e. The van der Waals surface area contributed by atoms with E-state index in [1.807, 2.05) is 0 Å². The smallest absolute Gasteiger partial charge is 0.305 e. The number of thiazole rings is 1. The van der Waals surface area contributed by atoms with Gasteiger partial charge in [-0.25, -0.2) is 13.1 Å². The second-order valence-electron chi connectivity index (χ2n) is 5.85. The first-order valence-electron chi connectivity index (χ1n) is 7.03. The Hall–Kier alpha value is -0.660. The molecular formula is C13H22N2O3S2. The number of nitrogens with one attached hydrogen (secondary N) is 2. The first-order chi connectivity index (χ1) is 9.31. The third-order valence-electron chi connectivity index (χ3n) is 4.01. The second kappa shape index (κ2) is 5.99. The zero-order valence-corrected chi connectivity index (χ0v) is 13.7. The molecule has 2 unspecified atom stereocenters. The van der Waals surface area contributed by atoms with Crippen LogP contribution in [0, 0.1) is 18.8 Å². The topological polar surface area (TPSA) is 79.0 Å². The highest BCUT2D eigenvalue weighted by atomic mass is 32.2. The summed E-state index contributed by atoms with van der Waals surface area (Å²) < 4.78 is 27.8. The molecule has 114 valence electrons. The lowest BCUT2D eigenvalue weighted by Gasteiger charge is -2.34. The van der Waals surface area contributed by atoms with Crippen LogP contribution in [0.2, 0.25) is 0 Å². The average molecular weight is 318 g/mol. The molecule has 2 rings (SSSR count). The lowest BCUT2D eigenvalue weighted by Crippen LogP contribution is -2.43. The van der Waals surface area contributed by atoms with Crippen molar-refractivity contribution in [3.8, 4) is 0 Å². The number of rotatable bonds is 4. The van der Waals surface area contributed by atoms with Gasteiger partial charge in [0, 0.05) is 11.7 Å². The van der Waals surface area contributed by atoms with E-state index in [1.54, 1.807) is 6.92 Å². The number of hydrogen-bond acceptors (Lipinski definition) is 4. The fourth-order valence-electron chi connectivity index (χ4n) is 3.00. The number of aromatic nitrogens is 1. The standard InChI is InChI=1S/C13H22N2O3S2/c1-8(2)10-6-4-5-7-11(10)15-20(17,18)12-9(3)14-13(16)19-12/h8,10-11,15H,4-7H2,1-3H3,(H,14,16). The highest BCUT2D eigenvalue weighted by Crippen LogP contribution is 2.31. The lowest BCUT2D eigenvalue weighted by molar-refractivity contribution is 0.226. The van der Waals surface area contributed by atoms with Gasteiger partial charge in [-0.2, -0.15) is 0 Å². The maximum atomic E-state index is 12.4. The van der Waals surface area contributed by atoms with E-state index in [1.165, 1.54) is 0 Å². The summed E-state index contributed by atoms with van der Waals surface area (Å²) in [6, 6.07) is -0.0228. The molecule has 1 aromatic heterocycles. The largest absolute Gasteiger partial charge is 0.315 e. The van der Waals surface area contributed by atoms with Crippen LogP contribution in [0.4, 0.5) is 0 Å². The highest BCUT2D eigenvalue weighted by Gasteiger charge is 2.32. The van der Waals surface area contributed by atoms with Gasteiger partial charge in [0.1, 0.15) is 0 Å². The molecule has 1 heterocycles. The summed E-state index contributed by atoms with van der Waals surface area (Å²) in [6.45, 7) is 5.89. The third kappa shape index (κ3) is 3.32. The van der Waals surface area contributed by atoms with Crippen molar-refractivity contribution in [3.63, 3.8) is 0 Å². The quantitative estimate of drug-likeness (QED) is 0.893. The molecule has 1 fully saturated rings. The van der Waals surface area contributed by atoms with E-state index in [2.05, 4.69) is 23.6 Å². The molecule has 2 atom stereocenters. The zero-order chi connectivity index (χ0) is 14.9. The van der Waals surface area contributed by atoms with Gasteiger partial charge in [0.05, 0.1) is 0 Å². The Kier molecular flexibility index (Phi) is 4.71. The van der Waals surface area contributed by atoms with Crippen LogP contribution in [0.3, 0.4) is 0 Å². The third-order valence-corrected chi connectivity index (χ3v) is 7.10. The maximum Gasteiger partial charge on any atom is 0.305 e.